The van der Waals surface area contributed by atoms with Gasteiger partial charge in [0.1, 0.15) is 0 Å². The van der Waals surface area contributed by atoms with E-state index in [0.717, 1.165) is 21.8 Å². The lowest BCUT2D eigenvalue weighted by molar-refractivity contribution is -0.116. The fourth-order valence-electron chi connectivity index (χ4n) is 2.57. The van der Waals surface area contributed by atoms with Crippen molar-refractivity contribution in [2.24, 2.45) is 0 Å². The number of hydrogen-bond donors (Lipinski definition) is 1. The maximum absolute atomic E-state index is 12.1. The summed E-state index contributed by atoms with van der Waals surface area (Å²) in [6.07, 6.45) is 3.42. The first-order valence-electron chi connectivity index (χ1n) is 7.68. The number of hydrogen-bond acceptors (Lipinski definition) is 4. The van der Waals surface area contributed by atoms with Crippen LogP contribution in [-0.2, 0) is 4.79 Å². The van der Waals surface area contributed by atoms with Crippen molar-refractivity contribution in [3.63, 3.8) is 0 Å². The first kappa shape index (κ1) is 16.7. The van der Waals surface area contributed by atoms with Crippen LogP contribution in [0.2, 0.25) is 0 Å². The second kappa shape index (κ2) is 7.59. The van der Waals surface area contributed by atoms with E-state index < -0.39 is 0 Å². The van der Waals surface area contributed by atoms with Crippen LogP contribution in [0.1, 0.15) is 27.9 Å². The quantitative estimate of drug-likeness (QED) is 0.677. The molecule has 0 bridgehead atoms. The van der Waals surface area contributed by atoms with Gasteiger partial charge in [-0.25, -0.2) is 0 Å². The standard InChI is InChI=1S/C18H19N3OS2/c1-13-10-14(2)21(20-13)17(15-7-9-23-12-15)11-19-18(22)6-5-16-4-3-8-24-16/h3-10,12,17H,11H2,1-2H3,(H,19,22)/b6-5+. The highest BCUT2D eigenvalue weighted by molar-refractivity contribution is 7.10. The molecule has 24 heavy (non-hydrogen) atoms. The van der Waals surface area contributed by atoms with Crippen molar-refractivity contribution >= 4 is 34.7 Å². The second-order valence-corrected chi connectivity index (χ2v) is 7.30. The van der Waals surface area contributed by atoms with Gasteiger partial charge in [0.05, 0.1) is 11.7 Å². The molecule has 0 radical (unpaired) electrons. The molecule has 0 aliphatic rings. The van der Waals surface area contributed by atoms with Crippen molar-refractivity contribution in [2.75, 3.05) is 6.54 Å². The van der Waals surface area contributed by atoms with Gasteiger partial charge in [-0.05, 0) is 59.8 Å². The lowest BCUT2D eigenvalue weighted by atomic mass is 10.1. The van der Waals surface area contributed by atoms with Gasteiger partial charge >= 0.3 is 0 Å². The number of rotatable bonds is 6. The number of thiophene rings is 2. The molecule has 3 heterocycles. The summed E-state index contributed by atoms with van der Waals surface area (Å²) >= 11 is 3.26. The van der Waals surface area contributed by atoms with Crippen molar-refractivity contribution in [1.82, 2.24) is 15.1 Å². The molecule has 0 aliphatic heterocycles. The van der Waals surface area contributed by atoms with Gasteiger partial charge in [-0.3, -0.25) is 9.48 Å². The third-order valence-electron chi connectivity index (χ3n) is 3.68. The Morgan fingerprint density at radius 1 is 1.38 bits per heavy atom. The molecule has 0 aromatic carbocycles. The van der Waals surface area contributed by atoms with Crippen LogP contribution in [-0.4, -0.2) is 22.2 Å². The Morgan fingerprint density at radius 3 is 2.88 bits per heavy atom. The Hall–Kier alpha value is -2.18. The van der Waals surface area contributed by atoms with Crippen molar-refractivity contribution in [2.45, 2.75) is 19.9 Å². The fraction of sp³-hybridized carbons (Fsp3) is 0.222. The fourth-order valence-corrected chi connectivity index (χ4v) is 3.90. The summed E-state index contributed by atoms with van der Waals surface area (Å²) in [6.45, 7) is 4.53. The van der Waals surface area contributed by atoms with Crippen LogP contribution in [0, 0.1) is 13.8 Å². The lowest BCUT2D eigenvalue weighted by Gasteiger charge is -2.18. The minimum absolute atomic E-state index is 0.00374. The predicted molar refractivity (Wildman–Crippen MR) is 101 cm³/mol. The number of carbonyl (C=O) groups excluding carboxylic acids is 1. The van der Waals surface area contributed by atoms with Gasteiger partial charge in [-0.15, -0.1) is 11.3 Å². The number of nitrogens with one attached hydrogen (secondary N) is 1. The van der Waals surface area contributed by atoms with Crippen LogP contribution >= 0.6 is 22.7 Å². The molecule has 0 saturated heterocycles. The molecule has 3 aromatic heterocycles. The highest BCUT2D eigenvalue weighted by Gasteiger charge is 2.18. The van der Waals surface area contributed by atoms with Gasteiger partial charge < -0.3 is 5.32 Å². The first-order chi connectivity index (χ1) is 11.6. The van der Waals surface area contributed by atoms with Crippen molar-refractivity contribution in [1.29, 1.82) is 0 Å². The molecule has 0 fully saturated rings. The maximum atomic E-state index is 12.1. The zero-order valence-corrected chi connectivity index (χ0v) is 15.2. The monoisotopic (exact) mass is 357 g/mol. The van der Waals surface area contributed by atoms with Crippen LogP contribution in [0.3, 0.4) is 0 Å². The molecule has 0 aliphatic carbocycles. The summed E-state index contributed by atoms with van der Waals surface area (Å²) in [6, 6.07) is 8.09. The topological polar surface area (TPSA) is 46.9 Å². The molecule has 124 valence electrons. The highest BCUT2D eigenvalue weighted by atomic mass is 32.1. The van der Waals surface area contributed by atoms with E-state index in [1.54, 1.807) is 28.7 Å². The van der Waals surface area contributed by atoms with Crippen molar-refractivity contribution in [3.8, 4) is 0 Å². The van der Waals surface area contributed by atoms with E-state index in [9.17, 15) is 4.79 Å². The first-order valence-corrected chi connectivity index (χ1v) is 9.50. The summed E-state index contributed by atoms with van der Waals surface area (Å²) in [5.41, 5.74) is 3.23. The summed E-state index contributed by atoms with van der Waals surface area (Å²) in [5.74, 6) is -0.0924. The molecule has 3 rings (SSSR count). The Labute approximate surface area is 149 Å². The number of amides is 1. The van der Waals surface area contributed by atoms with Crippen LogP contribution in [0.5, 0.6) is 0 Å². The molecule has 1 N–H and O–H groups in total. The van der Waals surface area contributed by atoms with Gasteiger partial charge in [-0.2, -0.15) is 16.4 Å². The van der Waals surface area contributed by atoms with Crippen LogP contribution < -0.4 is 5.32 Å². The summed E-state index contributed by atoms with van der Waals surface area (Å²) in [4.78, 5) is 13.2. The summed E-state index contributed by atoms with van der Waals surface area (Å²) < 4.78 is 1.99. The molecule has 1 amide bonds. The summed E-state index contributed by atoms with van der Waals surface area (Å²) in [7, 11) is 0. The van der Waals surface area contributed by atoms with Crippen LogP contribution in [0.15, 0.2) is 46.5 Å². The number of carbonyl (C=O) groups is 1. The van der Waals surface area contributed by atoms with Crippen molar-refractivity contribution < 1.29 is 4.79 Å². The van der Waals surface area contributed by atoms with Crippen LogP contribution in [0.4, 0.5) is 0 Å². The molecule has 3 aromatic rings. The van der Waals surface area contributed by atoms with Crippen molar-refractivity contribution in [3.05, 3.63) is 68.3 Å². The van der Waals surface area contributed by atoms with Crippen LogP contribution in [0.25, 0.3) is 6.08 Å². The Kier molecular flexibility index (Phi) is 5.27. The smallest absolute Gasteiger partial charge is 0.244 e. The van der Waals surface area contributed by atoms with Gasteiger partial charge in [0.2, 0.25) is 5.91 Å². The normalized spacial score (nSPS) is 12.6. The van der Waals surface area contributed by atoms with E-state index >= 15 is 0 Å². The zero-order chi connectivity index (χ0) is 16.9. The predicted octanol–water partition coefficient (Wildman–Crippen LogP) is 4.04. The van der Waals surface area contributed by atoms with E-state index in [-0.39, 0.29) is 11.9 Å². The number of aryl methyl sites for hydroxylation is 2. The third-order valence-corrected chi connectivity index (χ3v) is 5.22. The molecule has 0 saturated carbocycles. The maximum Gasteiger partial charge on any atom is 0.244 e. The minimum atomic E-state index is -0.0924. The molecular formula is C18H19N3OS2. The molecule has 4 nitrogen and oxygen atoms in total. The Morgan fingerprint density at radius 2 is 2.25 bits per heavy atom. The minimum Gasteiger partial charge on any atom is -0.350 e. The average molecular weight is 358 g/mol. The van der Waals surface area contributed by atoms with E-state index in [2.05, 4.69) is 27.9 Å². The lowest BCUT2D eigenvalue weighted by Crippen LogP contribution is -2.30. The van der Waals surface area contributed by atoms with E-state index in [1.165, 1.54) is 0 Å². The molecule has 1 unspecified atom stereocenters. The summed E-state index contributed by atoms with van der Waals surface area (Å²) in [5, 5.41) is 13.7. The molecule has 1 atom stereocenters. The number of nitrogens with zero attached hydrogens (tertiary/aromatic N) is 2. The average Bonchev–Trinajstić information content (AvgIpc) is 3.29. The largest absolute Gasteiger partial charge is 0.350 e. The zero-order valence-electron chi connectivity index (χ0n) is 13.6. The van der Waals surface area contributed by atoms with Gasteiger partial charge in [0, 0.05) is 23.2 Å². The Balaban J connectivity index is 1.71. The molecular weight excluding hydrogens is 338 g/mol. The highest BCUT2D eigenvalue weighted by Crippen LogP contribution is 2.22. The second-order valence-electron chi connectivity index (χ2n) is 5.54. The SMILES string of the molecule is Cc1cc(C)n(C(CNC(=O)/C=C/c2cccs2)c2ccsc2)n1. The third kappa shape index (κ3) is 4.01. The van der Waals surface area contributed by atoms with E-state index in [0.29, 0.717) is 6.54 Å². The Bertz CT molecular complexity index is 817. The number of aromatic nitrogens is 2. The molecule has 6 heteroatoms. The van der Waals surface area contributed by atoms with Gasteiger partial charge in [0.15, 0.2) is 0 Å². The molecule has 0 spiro atoms. The van der Waals surface area contributed by atoms with E-state index in [4.69, 9.17) is 0 Å². The van der Waals surface area contributed by atoms with Gasteiger partial charge in [0.25, 0.3) is 0 Å². The van der Waals surface area contributed by atoms with E-state index in [1.807, 2.05) is 47.5 Å². The van der Waals surface area contributed by atoms with Gasteiger partial charge in [-0.1, -0.05) is 6.07 Å².